The molecule has 0 aliphatic carbocycles. The van der Waals surface area contributed by atoms with Crippen molar-refractivity contribution in [2.45, 2.75) is 12.8 Å². The van der Waals surface area contributed by atoms with E-state index in [0.29, 0.717) is 26.1 Å². The molecule has 1 heterocycles. The molecule has 1 aliphatic rings. The van der Waals surface area contributed by atoms with E-state index in [1.54, 1.807) is 0 Å². The van der Waals surface area contributed by atoms with Gasteiger partial charge in [-0.15, -0.1) is 0 Å². The van der Waals surface area contributed by atoms with Crippen molar-refractivity contribution in [1.29, 1.82) is 0 Å². The highest BCUT2D eigenvalue weighted by molar-refractivity contribution is 7.54. The second kappa shape index (κ2) is 10.1. The molecule has 1 saturated heterocycles. The van der Waals surface area contributed by atoms with E-state index >= 15 is 0 Å². The Bertz CT molecular complexity index is 402. The Balaban J connectivity index is 2.44. The summed E-state index contributed by atoms with van der Waals surface area (Å²) in [5.74, 6) is 0. The molecule has 12 heteroatoms. The van der Waals surface area contributed by atoms with E-state index in [1.165, 1.54) is 4.67 Å². The first-order valence-electron chi connectivity index (χ1n) is 7.11. The summed E-state index contributed by atoms with van der Waals surface area (Å²) < 4.78 is 40.3. The van der Waals surface area contributed by atoms with Crippen LogP contribution < -0.4 is 10.8 Å². The first kappa shape index (κ1) is 20.2. The molecule has 1 aliphatic heterocycles. The maximum absolute atomic E-state index is 12.5. The molecular formula is C10H25N3O7P2. The molecule has 2 unspecified atom stereocenters. The number of nitrogens with two attached hydrogens (primary N) is 1. The molecule has 0 bridgehead atoms. The van der Waals surface area contributed by atoms with E-state index in [-0.39, 0.29) is 32.9 Å². The lowest BCUT2D eigenvalue weighted by Gasteiger charge is -2.33. The molecular weight excluding hydrogens is 336 g/mol. The normalized spacial score (nSPS) is 25.3. The topological polar surface area (TPSA) is 144 Å². The Labute approximate surface area is 130 Å². The van der Waals surface area contributed by atoms with Crippen molar-refractivity contribution in [3.8, 4) is 0 Å². The highest BCUT2D eigenvalue weighted by Crippen LogP contribution is 2.48. The summed E-state index contributed by atoms with van der Waals surface area (Å²) in [6.07, 6.45) is 1.19. The molecule has 10 nitrogen and oxygen atoms in total. The summed E-state index contributed by atoms with van der Waals surface area (Å²) in [5.41, 5.74) is 5.25. The molecule has 0 aromatic carbocycles. The molecule has 0 spiro atoms. The van der Waals surface area contributed by atoms with Crippen LogP contribution in [0.5, 0.6) is 0 Å². The zero-order valence-corrected chi connectivity index (χ0v) is 14.2. The monoisotopic (exact) mass is 361 g/mol. The van der Waals surface area contributed by atoms with Crippen LogP contribution in [0.2, 0.25) is 0 Å². The maximum atomic E-state index is 12.5. The summed E-state index contributed by atoms with van der Waals surface area (Å²) in [5, 5.41) is 11.8. The lowest BCUT2D eigenvalue weighted by atomic mass is 10.5. The molecule has 1 fully saturated rings. The van der Waals surface area contributed by atoms with Gasteiger partial charge in [-0.05, 0) is 19.4 Å². The van der Waals surface area contributed by atoms with E-state index in [0.717, 1.165) is 6.42 Å². The molecule has 132 valence electrons. The molecule has 0 amide bonds. The maximum Gasteiger partial charge on any atom is 0.472 e. The third kappa shape index (κ3) is 7.14. The second-order valence-electron chi connectivity index (χ2n) is 4.57. The first-order chi connectivity index (χ1) is 10.4. The Morgan fingerprint density at radius 1 is 1.36 bits per heavy atom. The predicted molar refractivity (Wildman–Crippen MR) is 80.2 cm³/mol. The largest absolute Gasteiger partial charge is 0.472 e. The highest BCUT2D eigenvalue weighted by Gasteiger charge is 2.34. The van der Waals surface area contributed by atoms with Crippen LogP contribution in [0.4, 0.5) is 0 Å². The van der Waals surface area contributed by atoms with E-state index in [1.807, 2.05) is 0 Å². The summed E-state index contributed by atoms with van der Waals surface area (Å²) in [7, 11) is -7.39. The smallest absolute Gasteiger partial charge is 0.395 e. The van der Waals surface area contributed by atoms with Crippen molar-refractivity contribution in [3.05, 3.63) is 0 Å². The number of aliphatic hydroxyl groups is 1. The second-order valence-corrected chi connectivity index (χ2v) is 8.20. The molecule has 0 aromatic heterocycles. The zero-order valence-electron chi connectivity index (χ0n) is 12.4. The van der Waals surface area contributed by atoms with Crippen LogP contribution in [0.25, 0.3) is 0 Å². The van der Waals surface area contributed by atoms with Gasteiger partial charge in [-0.25, -0.2) is 14.3 Å². The molecule has 1 rings (SSSR count). The van der Waals surface area contributed by atoms with Crippen LogP contribution >= 0.6 is 15.5 Å². The first-order valence-corrected chi connectivity index (χ1v) is 10.2. The lowest BCUT2D eigenvalue weighted by molar-refractivity contribution is 0.132. The third-order valence-corrected chi connectivity index (χ3v) is 6.15. The van der Waals surface area contributed by atoms with Crippen molar-refractivity contribution in [1.82, 2.24) is 9.76 Å². The summed E-state index contributed by atoms with van der Waals surface area (Å²) in [4.78, 5) is 9.44. The van der Waals surface area contributed by atoms with Gasteiger partial charge in [0.1, 0.15) is 0 Å². The van der Waals surface area contributed by atoms with Gasteiger partial charge in [0.15, 0.2) is 0 Å². The van der Waals surface area contributed by atoms with Crippen LogP contribution in [-0.4, -0.2) is 67.3 Å². The van der Waals surface area contributed by atoms with Gasteiger partial charge in [0, 0.05) is 19.6 Å². The molecule has 0 saturated carbocycles. The summed E-state index contributed by atoms with van der Waals surface area (Å²) >= 11 is 0. The van der Waals surface area contributed by atoms with Gasteiger partial charge in [-0.1, -0.05) is 0 Å². The van der Waals surface area contributed by atoms with Crippen molar-refractivity contribution in [2.24, 2.45) is 5.73 Å². The van der Waals surface area contributed by atoms with Crippen molar-refractivity contribution in [2.75, 3.05) is 52.6 Å². The quantitative estimate of drug-likeness (QED) is 0.290. The predicted octanol–water partition coefficient (Wildman–Crippen LogP) is -0.119. The minimum Gasteiger partial charge on any atom is -0.395 e. The van der Waals surface area contributed by atoms with Gasteiger partial charge in [0.25, 0.3) is 0 Å². The van der Waals surface area contributed by atoms with Crippen LogP contribution in [0.1, 0.15) is 12.8 Å². The number of phosphoric ester groups is 1. The van der Waals surface area contributed by atoms with E-state index in [9.17, 15) is 14.0 Å². The van der Waals surface area contributed by atoms with Crippen molar-refractivity contribution >= 4 is 15.5 Å². The van der Waals surface area contributed by atoms with Gasteiger partial charge in [0.2, 0.25) is 0 Å². The van der Waals surface area contributed by atoms with E-state index in [4.69, 9.17) is 24.4 Å². The Kier molecular flexibility index (Phi) is 9.27. The third-order valence-electron chi connectivity index (χ3n) is 2.84. The average Bonchev–Trinajstić information content (AvgIpc) is 2.47. The molecule has 2 atom stereocenters. The number of hydrogen-bond acceptors (Lipinski definition) is 7. The van der Waals surface area contributed by atoms with Gasteiger partial charge in [-0.3, -0.25) is 13.6 Å². The van der Waals surface area contributed by atoms with Gasteiger partial charge in [0.05, 0.1) is 26.4 Å². The number of nitrogens with one attached hydrogen (secondary N) is 1. The van der Waals surface area contributed by atoms with Crippen LogP contribution in [-0.2, 0) is 22.7 Å². The average molecular weight is 361 g/mol. The number of rotatable bonds is 11. The minimum absolute atomic E-state index is 0.0216. The number of hydrogen-bond donors (Lipinski definition) is 4. The number of phosphoric acid groups is 1. The van der Waals surface area contributed by atoms with Crippen molar-refractivity contribution in [3.63, 3.8) is 0 Å². The standard InChI is InChI=1S/C10H25N3O7P2/c11-3-1-8-19-22(16,17)20-10-6-13(5-7-14)21(15)12-4-2-9-18-21/h14H,1-11H2,(H,12,15)(H,16,17). The number of nitrogens with zero attached hydrogens (tertiary/aromatic N) is 1. The van der Waals surface area contributed by atoms with Crippen LogP contribution in [0.3, 0.4) is 0 Å². The van der Waals surface area contributed by atoms with E-state index < -0.39 is 15.5 Å². The van der Waals surface area contributed by atoms with Gasteiger partial charge in [-0.2, -0.15) is 0 Å². The minimum atomic E-state index is -4.16. The van der Waals surface area contributed by atoms with Crippen LogP contribution in [0.15, 0.2) is 0 Å². The van der Waals surface area contributed by atoms with Crippen molar-refractivity contribution < 1.29 is 32.7 Å². The number of aliphatic hydroxyl groups excluding tert-OH is 1. The SMILES string of the molecule is NCCCOP(=O)(O)OCCN(CCO)P1(=O)NCCCO1. The molecule has 0 aromatic rings. The lowest BCUT2D eigenvalue weighted by Crippen LogP contribution is -2.37. The summed E-state index contributed by atoms with van der Waals surface area (Å²) in [6.45, 7) is 0.996. The Hall–Kier alpha value is 0.140. The van der Waals surface area contributed by atoms with Gasteiger partial charge >= 0.3 is 15.5 Å². The van der Waals surface area contributed by atoms with Crippen LogP contribution in [0, 0.1) is 0 Å². The summed E-state index contributed by atoms with van der Waals surface area (Å²) in [6, 6.07) is 0. The van der Waals surface area contributed by atoms with Gasteiger partial charge < -0.3 is 20.3 Å². The fourth-order valence-corrected chi connectivity index (χ4v) is 4.48. The highest BCUT2D eigenvalue weighted by atomic mass is 31.2. The molecule has 0 radical (unpaired) electrons. The zero-order chi connectivity index (χ0) is 16.5. The van der Waals surface area contributed by atoms with E-state index in [2.05, 4.69) is 5.09 Å². The fourth-order valence-electron chi connectivity index (χ4n) is 1.76. The Morgan fingerprint density at radius 3 is 2.68 bits per heavy atom. The fraction of sp³-hybridized carbons (Fsp3) is 1.00. The Morgan fingerprint density at radius 2 is 2.09 bits per heavy atom. The molecule has 22 heavy (non-hydrogen) atoms. The molecule has 5 N–H and O–H groups in total.